The second-order valence-electron chi connectivity index (χ2n) is 8.74. The highest BCUT2D eigenvalue weighted by atomic mass is 32.2. The zero-order valence-corrected chi connectivity index (χ0v) is 17.8. The summed E-state index contributed by atoms with van der Waals surface area (Å²) in [4.78, 5) is 13.3. The highest BCUT2D eigenvalue weighted by molar-refractivity contribution is 7.89. The quantitative estimate of drug-likeness (QED) is 0.674. The SMILES string of the molecule is CC1Cc2cc(S(N)(=O)=O)cc(C(=O)NC(C3CCCCC3)C3CCCN3)c2O1. The van der Waals surface area contributed by atoms with E-state index in [0.29, 0.717) is 18.1 Å². The summed E-state index contributed by atoms with van der Waals surface area (Å²) in [5, 5.41) is 12.2. The van der Waals surface area contributed by atoms with Crippen LogP contribution < -0.4 is 20.5 Å². The molecule has 1 aliphatic carbocycles. The first-order valence-corrected chi connectivity index (χ1v) is 12.3. The largest absolute Gasteiger partial charge is 0.489 e. The van der Waals surface area contributed by atoms with Crippen molar-refractivity contribution in [2.75, 3.05) is 6.54 Å². The van der Waals surface area contributed by atoms with E-state index in [-0.39, 0.29) is 34.6 Å². The maximum absolute atomic E-state index is 13.3. The highest BCUT2D eigenvalue weighted by Crippen LogP contribution is 2.36. The van der Waals surface area contributed by atoms with Crippen molar-refractivity contribution in [2.24, 2.45) is 11.1 Å². The molecule has 3 aliphatic rings. The molecule has 3 atom stereocenters. The summed E-state index contributed by atoms with van der Waals surface area (Å²) >= 11 is 0. The summed E-state index contributed by atoms with van der Waals surface area (Å²) in [6.45, 7) is 2.88. The fourth-order valence-electron chi connectivity index (χ4n) is 5.12. The van der Waals surface area contributed by atoms with Gasteiger partial charge in [0.1, 0.15) is 11.9 Å². The second kappa shape index (κ2) is 8.24. The van der Waals surface area contributed by atoms with Crippen LogP contribution in [0.1, 0.15) is 67.8 Å². The molecule has 1 amide bonds. The average Bonchev–Trinajstić information content (AvgIpc) is 3.33. The Morgan fingerprint density at radius 1 is 1.21 bits per heavy atom. The minimum atomic E-state index is -3.91. The van der Waals surface area contributed by atoms with Crippen LogP contribution in [0, 0.1) is 5.92 Å². The number of nitrogens with two attached hydrogens (primary N) is 1. The Hall–Kier alpha value is -1.64. The van der Waals surface area contributed by atoms with Crippen molar-refractivity contribution in [1.29, 1.82) is 0 Å². The molecule has 8 heteroatoms. The van der Waals surface area contributed by atoms with Crippen molar-refractivity contribution in [2.45, 2.75) is 81.4 Å². The molecule has 0 bridgehead atoms. The van der Waals surface area contributed by atoms with Crippen LogP contribution in [0.5, 0.6) is 5.75 Å². The molecule has 2 aliphatic heterocycles. The third kappa shape index (κ3) is 4.44. The van der Waals surface area contributed by atoms with Gasteiger partial charge in [0.25, 0.3) is 5.91 Å². The molecule has 4 N–H and O–H groups in total. The Kier molecular flexibility index (Phi) is 5.86. The predicted molar refractivity (Wildman–Crippen MR) is 110 cm³/mol. The number of hydrogen-bond donors (Lipinski definition) is 3. The van der Waals surface area contributed by atoms with Crippen LogP contribution >= 0.6 is 0 Å². The molecule has 29 heavy (non-hydrogen) atoms. The molecule has 0 aromatic heterocycles. The van der Waals surface area contributed by atoms with Gasteiger partial charge in [-0.15, -0.1) is 0 Å². The molecular weight excluding hydrogens is 390 g/mol. The number of amides is 1. The molecule has 0 radical (unpaired) electrons. The Morgan fingerprint density at radius 3 is 2.62 bits per heavy atom. The molecule has 1 saturated heterocycles. The first kappa shape index (κ1) is 20.6. The zero-order valence-electron chi connectivity index (χ0n) is 16.9. The van der Waals surface area contributed by atoms with E-state index in [9.17, 15) is 13.2 Å². The highest BCUT2D eigenvalue weighted by Gasteiger charge is 2.35. The maximum atomic E-state index is 13.3. The van der Waals surface area contributed by atoms with Gasteiger partial charge < -0.3 is 15.4 Å². The number of carbonyl (C=O) groups is 1. The van der Waals surface area contributed by atoms with E-state index in [1.807, 2.05) is 6.92 Å². The number of carbonyl (C=O) groups excluding carboxylic acids is 1. The number of benzene rings is 1. The van der Waals surface area contributed by atoms with Gasteiger partial charge in [-0.05, 0) is 62.8 Å². The van der Waals surface area contributed by atoms with Crippen molar-refractivity contribution in [3.05, 3.63) is 23.3 Å². The molecule has 7 nitrogen and oxygen atoms in total. The van der Waals surface area contributed by atoms with Gasteiger partial charge >= 0.3 is 0 Å². The predicted octanol–water partition coefficient (Wildman–Crippen LogP) is 2.09. The fourth-order valence-corrected chi connectivity index (χ4v) is 5.71. The van der Waals surface area contributed by atoms with Crippen LogP contribution in [0.25, 0.3) is 0 Å². The van der Waals surface area contributed by atoms with Gasteiger partial charge in [-0.25, -0.2) is 13.6 Å². The third-order valence-corrected chi connectivity index (χ3v) is 7.42. The topological polar surface area (TPSA) is 111 Å². The van der Waals surface area contributed by atoms with Gasteiger partial charge in [0.15, 0.2) is 0 Å². The second-order valence-corrected chi connectivity index (χ2v) is 10.3. The summed E-state index contributed by atoms with van der Waals surface area (Å²) in [6.07, 6.45) is 8.50. The average molecular weight is 422 g/mol. The van der Waals surface area contributed by atoms with E-state index in [1.165, 1.54) is 31.4 Å². The zero-order chi connectivity index (χ0) is 20.6. The van der Waals surface area contributed by atoms with E-state index in [1.54, 1.807) is 0 Å². The Morgan fingerprint density at radius 2 is 1.97 bits per heavy atom. The molecule has 2 fully saturated rings. The molecule has 1 aromatic rings. The van der Waals surface area contributed by atoms with E-state index in [0.717, 1.165) is 37.8 Å². The standard InChI is InChI=1S/C21H31N3O4S/c1-13-10-15-11-16(29(22,26)27)12-17(20(15)28-13)21(25)24-19(18-8-5-9-23-18)14-6-3-2-4-7-14/h11-14,18-19,23H,2-10H2,1H3,(H,24,25)(H2,22,26,27). The van der Waals surface area contributed by atoms with E-state index in [4.69, 9.17) is 9.88 Å². The van der Waals surface area contributed by atoms with Crippen LogP contribution in [0.15, 0.2) is 17.0 Å². The molecule has 4 rings (SSSR count). The minimum Gasteiger partial charge on any atom is -0.489 e. The monoisotopic (exact) mass is 421 g/mol. The van der Waals surface area contributed by atoms with Crippen molar-refractivity contribution in [3.63, 3.8) is 0 Å². The molecular formula is C21H31N3O4S. The smallest absolute Gasteiger partial charge is 0.255 e. The fraction of sp³-hybridized carbons (Fsp3) is 0.667. The van der Waals surface area contributed by atoms with E-state index in [2.05, 4.69) is 10.6 Å². The summed E-state index contributed by atoms with van der Waals surface area (Å²) in [6, 6.07) is 3.19. The lowest BCUT2D eigenvalue weighted by Crippen LogP contribution is -2.52. The number of primary sulfonamides is 1. The summed E-state index contributed by atoms with van der Waals surface area (Å²) < 4.78 is 29.8. The molecule has 1 aromatic carbocycles. The van der Waals surface area contributed by atoms with E-state index >= 15 is 0 Å². The van der Waals surface area contributed by atoms with Crippen molar-refractivity contribution in [1.82, 2.24) is 10.6 Å². The van der Waals surface area contributed by atoms with Crippen molar-refractivity contribution < 1.29 is 17.9 Å². The lowest BCUT2D eigenvalue weighted by molar-refractivity contribution is 0.0892. The number of hydrogen-bond acceptors (Lipinski definition) is 5. The van der Waals surface area contributed by atoms with Crippen LogP contribution in [-0.4, -0.2) is 39.1 Å². The molecule has 160 valence electrons. The third-order valence-electron chi connectivity index (χ3n) is 6.53. The normalized spacial score (nSPS) is 26.0. The van der Waals surface area contributed by atoms with Crippen molar-refractivity contribution in [3.8, 4) is 5.75 Å². The van der Waals surface area contributed by atoms with Gasteiger partial charge in [0.2, 0.25) is 10.0 Å². The number of ether oxygens (including phenoxy) is 1. The number of rotatable bonds is 5. The summed E-state index contributed by atoms with van der Waals surface area (Å²) in [5.74, 6) is 0.659. The number of sulfonamides is 1. The van der Waals surface area contributed by atoms with Gasteiger partial charge in [0, 0.05) is 18.5 Å². The number of nitrogens with one attached hydrogen (secondary N) is 2. The first-order valence-electron chi connectivity index (χ1n) is 10.7. The molecule has 1 saturated carbocycles. The van der Waals surface area contributed by atoms with Crippen molar-refractivity contribution >= 4 is 15.9 Å². The lowest BCUT2D eigenvalue weighted by Gasteiger charge is -2.35. The Balaban J connectivity index is 1.64. The first-order chi connectivity index (χ1) is 13.8. The maximum Gasteiger partial charge on any atom is 0.255 e. The Labute approximate surface area is 172 Å². The van der Waals surface area contributed by atoms with Crippen LogP contribution in [-0.2, 0) is 16.4 Å². The molecule has 0 spiro atoms. The molecule has 2 heterocycles. The van der Waals surface area contributed by atoms with Crippen LogP contribution in [0.4, 0.5) is 0 Å². The van der Waals surface area contributed by atoms with Gasteiger partial charge in [-0.3, -0.25) is 4.79 Å². The van der Waals surface area contributed by atoms with Crippen LogP contribution in [0.3, 0.4) is 0 Å². The van der Waals surface area contributed by atoms with Gasteiger partial charge in [0.05, 0.1) is 10.5 Å². The minimum absolute atomic E-state index is 0.0349. The lowest BCUT2D eigenvalue weighted by atomic mass is 9.80. The summed E-state index contributed by atoms with van der Waals surface area (Å²) in [5.41, 5.74) is 0.997. The summed E-state index contributed by atoms with van der Waals surface area (Å²) in [7, 11) is -3.91. The molecule has 3 unspecified atom stereocenters. The van der Waals surface area contributed by atoms with Gasteiger partial charge in [-0.1, -0.05) is 19.3 Å². The number of fused-ring (bicyclic) bond motifs is 1. The Bertz CT molecular complexity index is 874. The van der Waals surface area contributed by atoms with E-state index < -0.39 is 10.0 Å². The van der Waals surface area contributed by atoms with Crippen LogP contribution in [0.2, 0.25) is 0 Å². The van der Waals surface area contributed by atoms with Gasteiger partial charge in [-0.2, -0.15) is 0 Å².